The van der Waals surface area contributed by atoms with Gasteiger partial charge in [-0.1, -0.05) is 0 Å². The highest BCUT2D eigenvalue weighted by atomic mass is 16.3. The lowest BCUT2D eigenvalue weighted by molar-refractivity contribution is -0.132. The molecule has 0 fully saturated rings. The van der Waals surface area contributed by atoms with Gasteiger partial charge in [-0.25, -0.2) is 0 Å². The third-order valence-electron chi connectivity index (χ3n) is 3.96. The molecule has 0 atom stereocenters. The standard InChI is InChI=1S/C16H14O6/c1-5-9(11(17)7(3)15(21)13(5)19)10-6(2)14(20)16(22)8(4)12(10)18/h17-18H,1-4H3. The Balaban J connectivity index is 2.86. The van der Waals surface area contributed by atoms with E-state index in [9.17, 15) is 29.4 Å². The van der Waals surface area contributed by atoms with Crippen LogP contribution in [0.4, 0.5) is 0 Å². The van der Waals surface area contributed by atoms with Gasteiger partial charge in [0.2, 0.25) is 23.1 Å². The molecule has 0 aromatic carbocycles. The second-order valence-electron chi connectivity index (χ2n) is 5.26. The normalized spacial score (nSPS) is 20.7. The molecule has 0 aromatic heterocycles. The molecule has 0 radical (unpaired) electrons. The molecule has 2 aliphatic rings. The summed E-state index contributed by atoms with van der Waals surface area (Å²) < 4.78 is 0. The summed E-state index contributed by atoms with van der Waals surface area (Å²) in [5.74, 6) is -4.26. The van der Waals surface area contributed by atoms with E-state index in [2.05, 4.69) is 0 Å². The van der Waals surface area contributed by atoms with Gasteiger partial charge in [-0.2, -0.15) is 0 Å². The Morgan fingerprint density at radius 1 is 0.500 bits per heavy atom. The molecule has 2 aliphatic carbocycles. The number of hydrogen-bond donors (Lipinski definition) is 2. The summed E-state index contributed by atoms with van der Waals surface area (Å²) in [6.45, 7) is 5.20. The third kappa shape index (κ3) is 1.88. The molecule has 2 rings (SSSR count). The van der Waals surface area contributed by atoms with Crippen LogP contribution in [0, 0.1) is 0 Å². The quantitative estimate of drug-likeness (QED) is 0.562. The van der Waals surface area contributed by atoms with E-state index in [1.54, 1.807) is 0 Å². The van der Waals surface area contributed by atoms with E-state index in [-0.39, 0.29) is 33.4 Å². The van der Waals surface area contributed by atoms with E-state index >= 15 is 0 Å². The number of ketones is 4. The van der Waals surface area contributed by atoms with Crippen molar-refractivity contribution in [2.75, 3.05) is 0 Å². The van der Waals surface area contributed by atoms with E-state index < -0.39 is 34.7 Å². The first-order valence-electron chi connectivity index (χ1n) is 6.51. The number of aliphatic hydroxyl groups excluding tert-OH is 2. The van der Waals surface area contributed by atoms with Crippen molar-refractivity contribution in [1.82, 2.24) is 0 Å². The van der Waals surface area contributed by atoms with Crippen LogP contribution in [-0.2, 0) is 19.2 Å². The maximum atomic E-state index is 12.0. The van der Waals surface area contributed by atoms with Crippen LogP contribution in [0.2, 0.25) is 0 Å². The van der Waals surface area contributed by atoms with Gasteiger partial charge in [0.15, 0.2) is 0 Å². The fourth-order valence-corrected chi connectivity index (χ4v) is 2.47. The summed E-state index contributed by atoms with van der Waals surface area (Å²) in [6.07, 6.45) is 0. The van der Waals surface area contributed by atoms with Crippen molar-refractivity contribution in [1.29, 1.82) is 0 Å². The van der Waals surface area contributed by atoms with Gasteiger partial charge >= 0.3 is 0 Å². The second-order valence-corrected chi connectivity index (χ2v) is 5.26. The molecule has 0 spiro atoms. The molecule has 0 unspecified atom stereocenters. The van der Waals surface area contributed by atoms with Crippen molar-refractivity contribution < 1.29 is 29.4 Å². The van der Waals surface area contributed by atoms with Crippen LogP contribution in [0.1, 0.15) is 27.7 Å². The summed E-state index contributed by atoms with van der Waals surface area (Å²) in [6, 6.07) is 0. The zero-order valence-corrected chi connectivity index (χ0v) is 12.5. The molecular weight excluding hydrogens is 288 g/mol. The minimum Gasteiger partial charge on any atom is -0.507 e. The molecule has 2 N–H and O–H groups in total. The molecule has 0 amide bonds. The number of carbonyl (C=O) groups excluding carboxylic acids is 4. The lowest BCUT2D eigenvalue weighted by Crippen LogP contribution is -2.29. The SMILES string of the molecule is CC1=C(O)C(C2=C(C)C(=O)C(=O)C(C)=C2O)=C(C)C(=O)C1=O. The number of Topliss-reactive ketones (excluding diaryl/α,β-unsaturated/α-hetero) is 4. The molecule has 0 heterocycles. The van der Waals surface area contributed by atoms with Crippen LogP contribution < -0.4 is 0 Å². The maximum absolute atomic E-state index is 12.0. The molecule has 6 heteroatoms. The molecule has 0 aliphatic heterocycles. The monoisotopic (exact) mass is 302 g/mol. The number of aliphatic hydroxyl groups is 2. The predicted octanol–water partition coefficient (Wildman–Crippen LogP) is 1.59. The highest BCUT2D eigenvalue weighted by molar-refractivity contribution is 6.51. The van der Waals surface area contributed by atoms with Crippen molar-refractivity contribution in [3.8, 4) is 0 Å². The van der Waals surface area contributed by atoms with Gasteiger partial charge in [0.1, 0.15) is 11.5 Å². The van der Waals surface area contributed by atoms with Crippen LogP contribution in [0.5, 0.6) is 0 Å². The van der Waals surface area contributed by atoms with Crippen molar-refractivity contribution >= 4 is 23.1 Å². The van der Waals surface area contributed by atoms with Gasteiger partial charge in [0.25, 0.3) is 0 Å². The molecule has 0 bridgehead atoms. The van der Waals surface area contributed by atoms with Crippen LogP contribution in [0.3, 0.4) is 0 Å². The van der Waals surface area contributed by atoms with E-state index in [1.165, 1.54) is 27.7 Å². The fraction of sp³-hybridized carbons (Fsp3) is 0.250. The highest BCUT2D eigenvalue weighted by Crippen LogP contribution is 2.37. The summed E-state index contributed by atoms with van der Waals surface area (Å²) >= 11 is 0. The summed E-state index contributed by atoms with van der Waals surface area (Å²) in [5.41, 5.74) is -0.663. The second kappa shape index (κ2) is 4.91. The van der Waals surface area contributed by atoms with Crippen molar-refractivity contribution in [3.05, 3.63) is 45.0 Å². The summed E-state index contributed by atoms with van der Waals surface area (Å²) in [7, 11) is 0. The van der Waals surface area contributed by atoms with Crippen LogP contribution in [-0.4, -0.2) is 33.3 Å². The molecule has 22 heavy (non-hydrogen) atoms. The van der Waals surface area contributed by atoms with Crippen LogP contribution >= 0.6 is 0 Å². The minimum absolute atomic E-state index is 0.0797. The number of allylic oxidation sites excluding steroid dienone is 6. The Labute approximate surface area is 126 Å². The Hall–Kier alpha value is -2.76. The van der Waals surface area contributed by atoms with Gasteiger partial charge in [-0.3, -0.25) is 19.2 Å². The van der Waals surface area contributed by atoms with Gasteiger partial charge in [-0.15, -0.1) is 0 Å². The van der Waals surface area contributed by atoms with Crippen LogP contribution in [0.15, 0.2) is 45.0 Å². The number of carbonyl (C=O) groups is 4. The molecule has 0 saturated heterocycles. The van der Waals surface area contributed by atoms with E-state index in [4.69, 9.17) is 0 Å². The van der Waals surface area contributed by atoms with Crippen molar-refractivity contribution in [3.63, 3.8) is 0 Å². The van der Waals surface area contributed by atoms with Crippen molar-refractivity contribution in [2.45, 2.75) is 27.7 Å². The Kier molecular flexibility index (Phi) is 3.48. The fourth-order valence-electron chi connectivity index (χ4n) is 2.47. The van der Waals surface area contributed by atoms with Crippen molar-refractivity contribution in [2.24, 2.45) is 0 Å². The first-order chi connectivity index (χ1) is 10.1. The number of rotatable bonds is 1. The maximum Gasteiger partial charge on any atom is 0.232 e. The Morgan fingerprint density at radius 2 is 0.727 bits per heavy atom. The Bertz CT molecular complexity index is 730. The first-order valence-corrected chi connectivity index (χ1v) is 6.51. The average molecular weight is 302 g/mol. The third-order valence-corrected chi connectivity index (χ3v) is 3.96. The van der Waals surface area contributed by atoms with E-state index in [0.717, 1.165) is 0 Å². The predicted molar refractivity (Wildman–Crippen MR) is 76.1 cm³/mol. The van der Waals surface area contributed by atoms with Gasteiger partial charge in [-0.05, 0) is 27.7 Å². The zero-order valence-electron chi connectivity index (χ0n) is 12.5. The lowest BCUT2D eigenvalue weighted by Gasteiger charge is -2.24. The highest BCUT2D eigenvalue weighted by Gasteiger charge is 2.38. The molecule has 0 saturated carbocycles. The number of hydrogen-bond acceptors (Lipinski definition) is 6. The first kappa shape index (κ1) is 15.6. The molecule has 114 valence electrons. The van der Waals surface area contributed by atoms with E-state index in [1.807, 2.05) is 0 Å². The largest absolute Gasteiger partial charge is 0.507 e. The smallest absolute Gasteiger partial charge is 0.232 e. The molecule has 6 nitrogen and oxygen atoms in total. The molecule has 0 aromatic rings. The summed E-state index contributed by atoms with van der Waals surface area (Å²) in [5, 5.41) is 20.4. The average Bonchev–Trinajstić information content (AvgIpc) is 2.50. The van der Waals surface area contributed by atoms with E-state index in [0.29, 0.717) is 0 Å². The van der Waals surface area contributed by atoms with Crippen LogP contribution in [0.25, 0.3) is 0 Å². The lowest BCUT2D eigenvalue weighted by atomic mass is 9.79. The topological polar surface area (TPSA) is 109 Å². The summed E-state index contributed by atoms with van der Waals surface area (Å²) in [4.78, 5) is 47.3. The zero-order chi connectivity index (χ0) is 16.9. The minimum atomic E-state index is -0.838. The van der Waals surface area contributed by atoms with Gasteiger partial charge < -0.3 is 10.2 Å². The van der Waals surface area contributed by atoms with Gasteiger partial charge in [0, 0.05) is 33.4 Å². The molecular formula is C16H14O6. The Morgan fingerprint density at radius 3 is 1.00 bits per heavy atom. The van der Waals surface area contributed by atoms with Gasteiger partial charge in [0.05, 0.1) is 0 Å².